The third-order valence-electron chi connectivity index (χ3n) is 6.18. The summed E-state index contributed by atoms with van der Waals surface area (Å²) >= 11 is 0. The van der Waals surface area contributed by atoms with Crippen LogP contribution < -0.4 is 9.47 Å². The summed E-state index contributed by atoms with van der Waals surface area (Å²) in [6, 6.07) is 17.1. The maximum absolute atomic E-state index is 13.8. The summed E-state index contributed by atoms with van der Waals surface area (Å²) in [6.07, 6.45) is 2.38. The summed E-state index contributed by atoms with van der Waals surface area (Å²) in [5.41, 5.74) is 2.60. The molecule has 1 aliphatic rings. The molecule has 0 N–H and O–H groups in total. The summed E-state index contributed by atoms with van der Waals surface area (Å²) in [7, 11) is 3.23. The van der Waals surface area contributed by atoms with Gasteiger partial charge in [0, 0.05) is 38.8 Å². The van der Waals surface area contributed by atoms with Crippen molar-refractivity contribution < 1.29 is 17.9 Å². The van der Waals surface area contributed by atoms with Gasteiger partial charge in [-0.25, -0.2) is 8.42 Å². The molecule has 0 atom stereocenters. The van der Waals surface area contributed by atoms with E-state index in [1.165, 1.54) is 17.1 Å². The summed E-state index contributed by atoms with van der Waals surface area (Å²) in [4.78, 5) is 2.25. The van der Waals surface area contributed by atoms with Crippen LogP contribution in [-0.2, 0) is 36.7 Å². The third kappa shape index (κ3) is 5.60. The van der Waals surface area contributed by atoms with E-state index < -0.39 is 10.0 Å². The molecule has 9 heteroatoms. The predicted octanol–water partition coefficient (Wildman–Crippen LogP) is 3.42. The summed E-state index contributed by atoms with van der Waals surface area (Å²) < 4.78 is 41.2. The van der Waals surface area contributed by atoms with Gasteiger partial charge in [0.1, 0.15) is 11.5 Å². The van der Waals surface area contributed by atoms with Crippen molar-refractivity contribution in [3.05, 3.63) is 71.4 Å². The van der Waals surface area contributed by atoms with Crippen LogP contribution in [0.1, 0.15) is 29.7 Å². The van der Waals surface area contributed by atoms with Gasteiger partial charge in [-0.3, -0.25) is 9.58 Å². The highest BCUT2D eigenvalue weighted by Crippen LogP contribution is 2.28. The third-order valence-corrected chi connectivity index (χ3v) is 7.84. The predicted molar refractivity (Wildman–Crippen MR) is 130 cm³/mol. The van der Waals surface area contributed by atoms with Crippen molar-refractivity contribution in [2.45, 2.75) is 43.5 Å². The Labute approximate surface area is 201 Å². The molecule has 1 saturated carbocycles. The van der Waals surface area contributed by atoms with E-state index in [0.717, 1.165) is 28.3 Å². The van der Waals surface area contributed by atoms with E-state index in [9.17, 15) is 8.42 Å². The van der Waals surface area contributed by atoms with Gasteiger partial charge in [-0.15, -0.1) is 0 Å². The Kier molecular flexibility index (Phi) is 7.25. The SMILES string of the molecule is COc1ccc(CN(Cc2ccc(OC)cc2)S(=O)(=O)c2cc(CN(C)C3CC3)n(C)n2)cc1. The zero-order valence-corrected chi connectivity index (χ0v) is 21.0. The topological polar surface area (TPSA) is 76.9 Å². The Morgan fingerprint density at radius 2 is 1.41 bits per heavy atom. The van der Waals surface area contributed by atoms with Crippen molar-refractivity contribution in [1.29, 1.82) is 0 Å². The Bertz CT molecular complexity index is 1150. The molecule has 0 amide bonds. The summed E-state index contributed by atoms with van der Waals surface area (Å²) in [6.45, 7) is 1.10. The van der Waals surface area contributed by atoms with Crippen LogP contribution in [0.25, 0.3) is 0 Å². The summed E-state index contributed by atoms with van der Waals surface area (Å²) in [5, 5.41) is 4.46. The minimum Gasteiger partial charge on any atom is -0.497 e. The minimum absolute atomic E-state index is 0.0659. The van der Waals surface area contributed by atoms with E-state index in [-0.39, 0.29) is 18.1 Å². The van der Waals surface area contributed by atoms with Gasteiger partial charge < -0.3 is 9.47 Å². The van der Waals surface area contributed by atoms with Crippen LogP contribution >= 0.6 is 0 Å². The van der Waals surface area contributed by atoms with E-state index in [1.54, 1.807) is 32.0 Å². The van der Waals surface area contributed by atoms with Gasteiger partial charge in [-0.2, -0.15) is 9.40 Å². The van der Waals surface area contributed by atoms with Crippen LogP contribution in [0.5, 0.6) is 11.5 Å². The Morgan fingerprint density at radius 3 is 1.85 bits per heavy atom. The fourth-order valence-corrected chi connectivity index (χ4v) is 5.29. The molecule has 0 spiro atoms. The van der Waals surface area contributed by atoms with E-state index >= 15 is 0 Å². The molecule has 34 heavy (non-hydrogen) atoms. The molecule has 1 aromatic heterocycles. The van der Waals surface area contributed by atoms with Gasteiger partial charge >= 0.3 is 0 Å². The van der Waals surface area contributed by atoms with Crippen molar-refractivity contribution in [2.24, 2.45) is 7.05 Å². The molecular formula is C25H32N4O4S. The second kappa shape index (κ2) is 10.2. The lowest BCUT2D eigenvalue weighted by Gasteiger charge is -2.21. The lowest BCUT2D eigenvalue weighted by Crippen LogP contribution is -2.30. The van der Waals surface area contributed by atoms with Gasteiger partial charge in [0.15, 0.2) is 5.03 Å². The largest absolute Gasteiger partial charge is 0.497 e. The maximum Gasteiger partial charge on any atom is 0.262 e. The Hall–Kier alpha value is -2.88. The van der Waals surface area contributed by atoms with Gasteiger partial charge in [0.25, 0.3) is 10.0 Å². The molecule has 0 bridgehead atoms. The van der Waals surface area contributed by atoms with Gasteiger partial charge in [-0.1, -0.05) is 24.3 Å². The molecule has 3 aromatic rings. The van der Waals surface area contributed by atoms with Crippen molar-refractivity contribution >= 4 is 10.0 Å². The highest BCUT2D eigenvalue weighted by Gasteiger charge is 2.30. The lowest BCUT2D eigenvalue weighted by molar-refractivity contribution is 0.307. The van der Waals surface area contributed by atoms with E-state index in [1.807, 2.05) is 48.5 Å². The van der Waals surface area contributed by atoms with Crippen molar-refractivity contribution in [3.8, 4) is 11.5 Å². The molecule has 4 rings (SSSR count). The van der Waals surface area contributed by atoms with Crippen LogP contribution in [0.3, 0.4) is 0 Å². The Morgan fingerprint density at radius 1 is 0.912 bits per heavy atom. The van der Waals surface area contributed by atoms with Crippen LogP contribution in [0.2, 0.25) is 0 Å². The van der Waals surface area contributed by atoms with Crippen molar-refractivity contribution in [3.63, 3.8) is 0 Å². The number of hydrogen-bond acceptors (Lipinski definition) is 6. The fraction of sp³-hybridized carbons (Fsp3) is 0.400. The van der Waals surface area contributed by atoms with Crippen LogP contribution in [0.15, 0.2) is 59.6 Å². The fourth-order valence-electron chi connectivity index (χ4n) is 3.88. The highest BCUT2D eigenvalue weighted by molar-refractivity contribution is 7.89. The van der Waals surface area contributed by atoms with Crippen LogP contribution in [-0.4, -0.2) is 54.7 Å². The molecule has 1 fully saturated rings. The smallest absolute Gasteiger partial charge is 0.262 e. The minimum atomic E-state index is -3.85. The molecule has 2 aromatic carbocycles. The Balaban J connectivity index is 1.62. The van der Waals surface area contributed by atoms with Crippen LogP contribution in [0, 0.1) is 0 Å². The van der Waals surface area contributed by atoms with E-state index in [4.69, 9.17) is 9.47 Å². The van der Waals surface area contributed by atoms with Gasteiger partial charge in [-0.05, 0) is 55.3 Å². The number of hydrogen-bond donors (Lipinski definition) is 0. The van der Waals surface area contributed by atoms with Gasteiger partial charge in [0.05, 0.1) is 19.9 Å². The molecule has 0 saturated heterocycles. The molecule has 0 unspecified atom stereocenters. The average Bonchev–Trinajstić information content (AvgIpc) is 3.63. The highest BCUT2D eigenvalue weighted by atomic mass is 32.2. The number of ether oxygens (including phenoxy) is 2. The number of sulfonamides is 1. The first-order chi connectivity index (χ1) is 16.3. The number of rotatable bonds is 11. The first kappa shape index (κ1) is 24.3. The molecular weight excluding hydrogens is 452 g/mol. The van der Waals surface area contributed by atoms with Crippen LogP contribution in [0.4, 0.5) is 0 Å². The number of aromatic nitrogens is 2. The maximum atomic E-state index is 13.8. The van der Waals surface area contributed by atoms with E-state index in [2.05, 4.69) is 17.0 Å². The average molecular weight is 485 g/mol. The normalized spacial score (nSPS) is 14.1. The zero-order chi connectivity index (χ0) is 24.3. The zero-order valence-electron chi connectivity index (χ0n) is 20.1. The summed E-state index contributed by atoms with van der Waals surface area (Å²) in [5.74, 6) is 1.45. The van der Waals surface area contributed by atoms with E-state index in [0.29, 0.717) is 12.6 Å². The first-order valence-corrected chi connectivity index (χ1v) is 12.7. The standard InChI is InChI=1S/C25H32N4O4S/c1-27(21-9-10-21)18-22-15-25(26-28(22)2)34(30,31)29(16-19-5-11-23(32-3)12-6-19)17-20-7-13-24(33-4)14-8-20/h5-8,11-15,21H,9-10,16-18H2,1-4H3. The number of benzene rings is 2. The number of aryl methyl sites for hydroxylation is 1. The molecule has 8 nitrogen and oxygen atoms in total. The first-order valence-electron chi connectivity index (χ1n) is 11.3. The second-order valence-corrected chi connectivity index (χ2v) is 10.6. The molecule has 0 aliphatic heterocycles. The number of nitrogens with zero attached hydrogens (tertiary/aromatic N) is 4. The van der Waals surface area contributed by atoms with Crippen molar-refractivity contribution in [2.75, 3.05) is 21.3 Å². The molecule has 1 heterocycles. The second-order valence-electron chi connectivity index (χ2n) is 8.71. The molecule has 1 aliphatic carbocycles. The monoisotopic (exact) mass is 484 g/mol. The van der Waals surface area contributed by atoms with Crippen molar-refractivity contribution in [1.82, 2.24) is 19.0 Å². The number of methoxy groups -OCH3 is 2. The molecule has 182 valence electrons. The lowest BCUT2D eigenvalue weighted by atomic mass is 10.2. The van der Waals surface area contributed by atoms with Gasteiger partial charge in [0.2, 0.25) is 0 Å². The molecule has 0 radical (unpaired) electrons. The quantitative estimate of drug-likeness (QED) is 0.415.